The van der Waals surface area contributed by atoms with E-state index in [1.165, 1.54) is 11.8 Å². The van der Waals surface area contributed by atoms with Crippen LogP contribution in [0.4, 0.5) is 0 Å². The predicted molar refractivity (Wildman–Crippen MR) is 109 cm³/mol. The molecule has 0 spiro atoms. The lowest BCUT2D eigenvalue weighted by atomic mass is 10.1. The number of Topliss-reactive ketones (excluding diaryl/α,β-unsaturated/α-hetero) is 1. The summed E-state index contributed by atoms with van der Waals surface area (Å²) in [5, 5.41) is 0.666. The van der Waals surface area contributed by atoms with Crippen LogP contribution in [0.15, 0.2) is 58.8 Å². The Morgan fingerprint density at radius 1 is 1.19 bits per heavy atom. The van der Waals surface area contributed by atoms with E-state index >= 15 is 0 Å². The minimum Gasteiger partial charge on any atom is -0.497 e. The number of ketones is 2. The zero-order valence-corrected chi connectivity index (χ0v) is 16.5. The summed E-state index contributed by atoms with van der Waals surface area (Å²) in [4.78, 5) is 24.4. The van der Waals surface area contributed by atoms with Crippen LogP contribution in [0.2, 0.25) is 5.02 Å². The molecule has 1 heterocycles. The van der Waals surface area contributed by atoms with E-state index in [1.807, 2.05) is 24.3 Å². The molecule has 6 heteroatoms. The Morgan fingerprint density at radius 2 is 1.88 bits per heavy atom. The zero-order chi connectivity index (χ0) is 18.5. The average molecular weight is 405 g/mol. The maximum Gasteiger partial charge on any atom is 0.173 e. The summed E-state index contributed by atoms with van der Waals surface area (Å²) in [5.74, 6) is 1.20. The fourth-order valence-corrected chi connectivity index (χ4v) is 5.12. The van der Waals surface area contributed by atoms with Gasteiger partial charge < -0.3 is 4.74 Å². The van der Waals surface area contributed by atoms with Gasteiger partial charge in [-0.05, 0) is 42.0 Å². The van der Waals surface area contributed by atoms with Crippen molar-refractivity contribution in [1.29, 1.82) is 0 Å². The Morgan fingerprint density at radius 3 is 2.54 bits per heavy atom. The molecule has 1 atom stereocenters. The fourth-order valence-electron chi connectivity index (χ4n) is 2.52. The second-order valence-corrected chi connectivity index (χ2v) is 8.69. The topological polar surface area (TPSA) is 43.4 Å². The van der Waals surface area contributed by atoms with Crippen LogP contribution in [0.25, 0.3) is 0 Å². The molecule has 3 rings (SSSR count). The predicted octanol–water partition coefficient (Wildman–Crippen LogP) is 5.55. The number of allylic oxidation sites excluding steroid dienone is 1. The third-order valence-electron chi connectivity index (χ3n) is 3.92. The van der Waals surface area contributed by atoms with Crippen LogP contribution in [0.5, 0.6) is 5.75 Å². The van der Waals surface area contributed by atoms with Crippen LogP contribution in [0.3, 0.4) is 0 Å². The van der Waals surface area contributed by atoms with Crippen molar-refractivity contribution in [1.82, 2.24) is 0 Å². The number of ether oxygens (including phenoxy) is 1. The summed E-state index contributed by atoms with van der Waals surface area (Å²) in [6, 6.07) is 14.6. The number of benzene rings is 2. The Bertz CT molecular complexity index is 829. The number of rotatable bonds is 6. The highest BCUT2D eigenvalue weighted by Gasteiger charge is 2.24. The number of hydrogen-bond donors (Lipinski definition) is 0. The summed E-state index contributed by atoms with van der Waals surface area (Å²) in [6.07, 6.45) is 2.11. The fraction of sp³-hybridized carbons (Fsp3) is 0.200. The standard InChI is InChI=1S/C20H17ClO3S2/c1-24-17-8-4-14(5-9-17)19-10-16(22)11-20(26-19)25-12-18(23)13-2-6-15(21)7-3-13/h2-9,11,19H,10,12H2,1H3/t19-/m1/s1. The first-order valence-corrected chi connectivity index (χ1v) is 10.3. The minimum absolute atomic E-state index is 0.0205. The van der Waals surface area contributed by atoms with Crippen molar-refractivity contribution < 1.29 is 14.3 Å². The van der Waals surface area contributed by atoms with E-state index in [-0.39, 0.29) is 16.8 Å². The lowest BCUT2D eigenvalue weighted by molar-refractivity contribution is -0.114. The first-order valence-electron chi connectivity index (χ1n) is 8.02. The molecule has 0 aromatic heterocycles. The van der Waals surface area contributed by atoms with Gasteiger partial charge in [0.15, 0.2) is 11.6 Å². The number of methoxy groups -OCH3 is 1. The van der Waals surface area contributed by atoms with Crippen LogP contribution in [-0.2, 0) is 4.79 Å². The van der Waals surface area contributed by atoms with Crippen molar-refractivity contribution in [2.24, 2.45) is 0 Å². The lowest BCUT2D eigenvalue weighted by Gasteiger charge is -2.21. The zero-order valence-electron chi connectivity index (χ0n) is 14.1. The molecule has 0 radical (unpaired) electrons. The van der Waals surface area contributed by atoms with Gasteiger partial charge in [0.1, 0.15) is 5.75 Å². The first kappa shape index (κ1) is 19.1. The first-order chi connectivity index (χ1) is 12.5. The lowest BCUT2D eigenvalue weighted by Crippen LogP contribution is -2.09. The number of thioether (sulfide) groups is 2. The van der Waals surface area contributed by atoms with Gasteiger partial charge in [0, 0.05) is 32.6 Å². The van der Waals surface area contributed by atoms with Crippen LogP contribution >= 0.6 is 35.1 Å². The Hall–Kier alpha value is -1.69. The van der Waals surface area contributed by atoms with Gasteiger partial charge in [0.25, 0.3) is 0 Å². The molecule has 26 heavy (non-hydrogen) atoms. The molecule has 1 aliphatic heterocycles. The highest BCUT2D eigenvalue weighted by atomic mass is 35.5. The molecule has 3 nitrogen and oxygen atoms in total. The van der Waals surface area contributed by atoms with Gasteiger partial charge in [-0.15, -0.1) is 23.5 Å². The largest absolute Gasteiger partial charge is 0.497 e. The molecular formula is C20H17ClO3S2. The van der Waals surface area contributed by atoms with Crippen molar-refractivity contribution in [2.75, 3.05) is 12.9 Å². The molecule has 2 aromatic rings. The third kappa shape index (κ3) is 4.93. The van der Waals surface area contributed by atoms with Crippen molar-refractivity contribution in [3.05, 3.63) is 75.0 Å². The van der Waals surface area contributed by atoms with Gasteiger partial charge in [-0.3, -0.25) is 9.59 Å². The second kappa shape index (κ2) is 8.80. The van der Waals surface area contributed by atoms with Crippen LogP contribution in [0, 0.1) is 0 Å². The van der Waals surface area contributed by atoms with E-state index in [2.05, 4.69) is 0 Å². The van der Waals surface area contributed by atoms with E-state index < -0.39 is 0 Å². The number of hydrogen-bond acceptors (Lipinski definition) is 5. The summed E-state index contributed by atoms with van der Waals surface area (Å²) in [6.45, 7) is 0. The van der Waals surface area contributed by atoms with Gasteiger partial charge in [0.2, 0.25) is 0 Å². The molecule has 134 valence electrons. The summed E-state index contributed by atoms with van der Waals surface area (Å²) < 4.78 is 6.06. The Balaban J connectivity index is 1.63. The summed E-state index contributed by atoms with van der Waals surface area (Å²) >= 11 is 8.89. The van der Waals surface area contributed by atoms with Gasteiger partial charge in [-0.2, -0.15) is 0 Å². The van der Waals surface area contributed by atoms with Gasteiger partial charge >= 0.3 is 0 Å². The molecule has 0 saturated heterocycles. The van der Waals surface area contributed by atoms with Crippen molar-refractivity contribution in [2.45, 2.75) is 11.7 Å². The van der Waals surface area contributed by atoms with Gasteiger partial charge in [-0.25, -0.2) is 0 Å². The quantitative estimate of drug-likeness (QED) is 0.590. The van der Waals surface area contributed by atoms with Crippen LogP contribution in [-0.4, -0.2) is 24.4 Å². The molecule has 0 unspecified atom stereocenters. The van der Waals surface area contributed by atoms with Crippen LogP contribution in [0.1, 0.15) is 27.6 Å². The third-order valence-corrected chi connectivity index (χ3v) is 6.70. The smallest absolute Gasteiger partial charge is 0.173 e. The van der Waals surface area contributed by atoms with Gasteiger partial charge in [-0.1, -0.05) is 23.7 Å². The number of halogens is 1. The average Bonchev–Trinajstić information content (AvgIpc) is 2.66. The van der Waals surface area contributed by atoms with E-state index in [4.69, 9.17) is 16.3 Å². The monoisotopic (exact) mass is 404 g/mol. The highest BCUT2D eigenvalue weighted by Crippen LogP contribution is 2.45. The molecule has 0 saturated carbocycles. The number of carbonyl (C=O) groups excluding carboxylic acids is 2. The van der Waals surface area contributed by atoms with E-state index in [9.17, 15) is 9.59 Å². The number of carbonyl (C=O) groups is 2. The Labute approximate surface area is 166 Å². The molecule has 0 fully saturated rings. The maximum atomic E-state index is 12.3. The molecule has 0 aliphatic carbocycles. The second-order valence-electron chi connectivity index (χ2n) is 5.73. The normalized spacial score (nSPS) is 16.9. The van der Waals surface area contributed by atoms with Crippen molar-refractivity contribution in [3.63, 3.8) is 0 Å². The maximum absolute atomic E-state index is 12.3. The molecular weight excluding hydrogens is 388 g/mol. The molecule has 1 aliphatic rings. The molecule has 0 N–H and O–H groups in total. The molecule has 2 aromatic carbocycles. The molecule has 0 amide bonds. The van der Waals surface area contributed by atoms with Gasteiger partial charge in [0.05, 0.1) is 12.9 Å². The van der Waals surface area contributed by atoms with E-state index in [1.54, 1.807) is 49.2 Å². The van der Waals surface area contributed by atoms with E-state index in [0.717, 1.165) is 15.6 Å². The summed E-state index contributed by atoms with van der Waals surface area (Å²) in [7, 11) is 1.63. The minimum atomic E-state index is 0.0205. The summed E-state index contributed by atoms with van der Waals surface area (Å²) in [5.41, 5.74) is 1.71. The van der Waals surface area contributed by atoms with Crippen LogP contribution < -0.4 is 4.74 Å². The van der Waals surface area contributed by atoms with E-state index in [0.29, 0.717) is 22.8 Å². The molecule has 0 bridgehead atoms. The Kier molecular flexibility index (Phi) is 6.46. The SMILES string of the molecule is COc1ccc([C@H]2CC(=O)C=C(SCC(=O)c3ccc(Cl)cc3)S2)cc1. The van der Waals surface area contributed by atoms with Crippen molar-refractivity contribution in [3.8, 4) is 5.75 Å². The van der Waals surface area contributed by atoms with Crippen molar-refractivity contribution >= 4 is 46.7 Å². The highest BCUT2D eigenvalue weighted by molar-refractivity contribution is 8.22.